The van der Waals surface area contributed by atoms with Gasteiger partial charge in [-0.1, -0.05) is 25.8 Å². The number of rotatable bonds is 8. The van der Waals surface area contributed by atoms with Crippen molar-refractivity contribution in [1.29, 1.82) is 0 Å². The zero-order valence-electron chi connectivity index (χ0n) is 13.4. The Balaban J connectivity index is 2.04. The second-order valence-corrected chi connectivity index (χ2v) is 5.74. The molecule has 0 atom stereocenters. The first-order valence-corrected chi connectivity index (χ1v) is 8.24. The van der Waals surface area contributed by atoms with Gasteiger partial charge in [-0.2, -0.15) is 0 Å². The third-order valence-corrected chi connectivity index (χ3v) is 3.96. The molecule has 0 aliphatic heterocycles. The Labute approximate surface area is 128 Å². The van der Waals surface area contributed by atoms with E-state index < -0.39 is 0 Å². The van der Waals surface area contributed by atoms with Gasteiger partial charge in [-0.3, -0.25) is 0 Å². The molecular weight excluding hydrogens is 264 g/mol. The molecule has 3 nitrogen and oxygen atoms in total. The maximum atomic E-state index is 6.27. The van der Waals surface area contributed by atoms with E-state index in [1.807, 2.05) is 6.07 Å². The van der Waals surface area contributed by atoms with Crippen LogP contribution in [-0.4, -0.2) is 26.4 Å². The van der Waals surface area contributed by atoms with Crippen LogP contribution in [0.1, 0.15) is 51.0 Å². The SMILES string of the molecule is CCCc1ccc(OCCOC)cc1OC1CCCCC1. The highest BCUT2D eigenvalue weighted by molar-refractivity contribution is 5.41. The van der Waals surface area contributed by atoms with Gasteiger partial charge in [0.25, 0.3) is 0 Å². The van der Waals surface area contributed by atoms with Crippen LogP contribution in [0.3, 0.4) is 0 Å². The third-order valence-electron chi connectivity index (χ3n) is 3.96. The minimum atomic E-state index is 0.378. The topological polar surface area (TPSA) is 27.7 Å². The first kappa shape index (κ1) is 16.2. The molecule has 1 aromatic rings. The van der Waals surface area contributed by atoms with Crippen LogP contribution in [0.25, 0.3) is 0 Å². The number of methoxy groups -OCH3 is 1. The summed E-state index contributed by atoms with van der Waals surface area (Å²) in [5.41, 5.74) is 1.29. The lowest BCUT2D eigenvalue weighted by Crippen LogP contribution is -2.20. The van der Waals surface area contributed by atoms with Gasteiger partial charge in [0.1, 0.15) is 18.1 Å². The zero-order chi connectivity index (χ0) is 14.9. The lowest BCUT2D eigenvalue weighted by molar-refractivity contribution is 0.143. The van der Waals surface area contributed by atoms with Crippen LogP contribution in [0.2, 0.25) is 0 Å². The van der Waals surface area contributed by atoms with Crippen molar-refractivity contribution < 1.29 is 14.2 Å². The van der Waals surface area contributed by atoms with Gasteiger partial charge < -0.3 is 14.2 Å². The minimum Gasteiger partial charge on any atom is -0.491 e. The van der Waals surface area contributed by atoms with Gasteiger partial charge in [-0.05, 0) is 43.7 Å². The number of benzene rings is 1. The first-order chi connectivity index (χ1) is 10.3. The average Bonchev–Trinajstić information content (AvgIpc) is 2.51. The van der Waals surface area contributed by atoms with E-state index in [4.69, 9.17) is 14.2 Å². The van der Waals surface area contributed by atoms with Crippen molar-refractivity contribution in [3.8, 4) is 11.5 Å². The summed E-state index contributed by atoms with van der Waals surface area (Å²) in [6.45, 7) is 3.38. The van der Waals surface area contributed by atoms with Crippen LogP contribution in [-0.2, 0) is 11.2 Å². The van der Waals surface area contributed by atoms with Crippen LogP contribution in [0.5, 0.6) is 11.5 Å². The monoisotopic (exact) mass is 292 g/mol. The molecule has 1 saturated carbocycles. The molecule has 0 aromatic heterocycles. The van der Waals surface area contributed by atoms with Gasteiger partial charge >= 0.3 is 0 Å². The first-order valence-electron chi connectivity index (χ1n) is 8.24. The molecule has 1 fully saturated rings. The summed E-state index contributed by atoms with van der Waals surface area (Å²) >= 11 is 0. The van der Waals surface area contributed by atoms with E-state index in [-0.39, 0.29) is 0 Å². The number of aryl methyl sites for hydroxylation is 1. The summed E-state index contributed by atoms with van der Waals surface area (Å²) in [5, 5.41) is 0. The Morgan fingerprint density at radius 2 is 1.90 bits per heavy atom. The van der Waals surface area contributed by atoms with E-state index in [1.165, 1.54) is 37.7 Å². The van der Waals surface area contributed by atoms with Gasteiger partial charge in [-0.25, -0.2) is 0 Å². The number of ether oxygens (including phenoxy) is 3. The molecular formula is C18H28O3. The van der Waals surface area contributed by atoms with E-state index >= 15 is 0 Å². The highest BCUT2D eigenvalue weighted by Gasteiger charge is 2.16. The highest BCUT2D eigenvalue weighted by Crippen LogP contribution is 2.30. The predicted molar refractivity (Wildman–Crippen MR) is 85.3 cm³/mol. The minimum absolute atomic E-state index is 0.378. The maximum absolute atomic E-state index is 6.27. The van der Waals surface area contributed by atoms with Crippen molar-refractivity contribution in [3.05, 3.63) is 23.8 Å². The van der Waals surface area contributed by atoms with Crippen LogP contribution in [0.15, 0.2) is 18.2 Å². The largest absolute Gasteiger partial charge is 0.491 e. The van der Waals surface area contributed by atoms with Crippen molar-refractivity contribution in [2.75, 3.05) is 20.3 Å². The molecule has 0 N–H and O–H groups in total. The predicted octanol–water partition coefficient (Wildman–Crippen LogP) is 4.38. The lowest BCUT2D eigenvalue weighted by Gasteiger charge is -2.24. The van der Waals surface area contributed by atoms with E-state index in [0.717, 1.165) is 24.3 Å². The van der Waals surface area contributed by atoms with E-state index in [2.05, 4.69) is 19.1 Å². The zero-order valence-corrected chi connectivity index (χ0v) is 13.4. The second-order valence-electron chi connectivity index (χ2n) is 5.74. The van der Waals surface area contributed by atoms with Crippen LogP contribution < -0.4 is 9.47 Å². The quantitative estimate of drug-likeness (QED) is 0.666. The molecule has 21 heavy (non-hydrogen) atoms. The molecule has 0 heterocycles. The highest BCUT2D eigenvalue weighted by atomic mass is 16.5. The Hall–Kier alpha value is -1.22. The van der Waals surface area contributed by atoms with Gasteiger partial charge in [0, 0.05) is 13.2 Å². The van der Waals surface area contributed by atoms with Crippen molar-refractivity contribution in [2.45, 2.75) is 58.0 Å². The summed E-state index contributed by atoms with van der Waals surface area (Å²) in [4.78, 5) is 0. The second kappa shape index (κ2) is 8.93. The Morgan fingerprint density at radius 1 is 1.10 bits per heavy atom. The summed E-state index contributed by atoms with van der Waals surface area (Å²) < 4.78 is 17.0. The Kier molecular flexibility index (Phi) is 6.87. The molecule has 2 rings (SSSR count). The summed E-state index contributed by atoms with van der Waals surface area (Å²) in [7, 11) is 1.69. The molecule has 0 radical (unpaired) electrons. The fourth-order valence-corrected chi connectivity index (χ4v) is 2.82. The molecule has 118 valence electrons. The summed E-state index contributed by atoms with van der Waals surface area (Å²) in [6, 6.07) is 6.23. The van der Waals surface area contributed by atoms with Crippen molar-refractivity contribution >= 4 is 0 Å². The normalized spacial score (nSPS) is 15.9. The summed E-state index contributed by atoms with van der Waals surface area (Å²) in [5.74, 6) is 1.89. The van der Waals surface area contributed by atoms with Crippen LogP contribution in [0.4, 0.5) is 0 Å². The van der Waals surface area contributed by atoms with Gasteiger partial charge in [0.15, 0.2) is 0 Å². The lowest BCUT2D eigenvalue weighted by atomic mass is 9.97. The molecule has 1 aliphatic carbocycles. The maximum Gasteiger partial charge on any atom is 0.126 e. The molecule has 0 unspecified atom stereocenters. The van der Waals surface area contributed by atoms with E-state index in [1.54, 1.807) is 7.11 Å². The van der Waals surface area contributed by atoms with Crippen molar-refractivity contribution in [3.63, 3.8) is 0 Å². The fourth-order valence-electron chi connectivity index (χ4n) is 2.82. The van der Waals surface area contributed by atoms with E-state index in [9.17, 15) is 0 Å². The van der Waals surface area contributed by atoms with Gasteiger partial charge in [-0.15, -0.1) is 0 Å². The Bertz CT molecular complexity index is 411. The van der Waals surface area contributed by atoms with Crippen LogP contribution >= 0.6 is 0 Å². The van der Waals surface area contributed by atoms with Crippen molar-refractivity contribution in [1.82, 2.24) is 0 Å². The van der Waals surface area contributed by atoms with Gasteiger partial charge in [0.05, 0.1) is 12.7 Å². The molecule has 0 bridgehead atoms. The third kappa shape index (κ3) is 5.24. The Morgan fingerprint density at radius 3 is 2.62 bits per heavy atom. The van der Waals surface area contributed by atoms with Crippen molar-refractivity contribution in [2.24, 2.45) is 0 Å². The van der Waals surface area contributed by atoms with E-state index in [0.29, 0.717) is 19.3 Å². The molecule has 1 aromatic carbocycles. The van der Waals surface area contributed by atoms with Gasteiger partial charge in [0.2, 0.25) is 0 Å². The summed E-state index contributed by atoms with van der Waals surface area (Å²) in [6.07, 6.45) is 8.85. The molecule has 3 heteroatoms. The molecule has 0 spiro atoms. The molecule has 0 amide bonds. The molecule has 0 saturated heterocycles. The fraction of sp³-hybridized carbons (Fsp3) is 0.667. The standard InChI is InChI=1S/C18H28O3/c1-3-7-15-10-11-17(20-13-12-19-2)14-18(15)21-16-8-5-4-6-9-16/h10-11,14,16H,3-9,12-13H2,1-2H3. The molecule has 1 aliphatic rings. The smallest absolute Gasteiger partial charge is 0.126 e. The van der Waals surface area contributed by atoms with Crippen LogP contribution in [0, 0.1) is 0 Å². The number of hydrogen-bond acceptors (Lipinski definition) is 3. The number of hydrogen-bond donors (Lipinski definition) is 0. The average molecular weight is 292 g/mol.